The third-order valence-corrected chi connectivity index (χ3v) is 7.47. The number of hydrogen-bond acceptors (Lipinski definition) is 3. The Hall–Kier alpha value is -2.44. The monoisotopic (exact) mass is 428 g/mol. The van der Waals surface area contributed by atoms with Crippen molar-refractivity contribution < 1.29 is 14.0 Å². The van der Waals surface area contributed by atoms with E-state index in [9.17, 15) is 14.0 Å². The largest absolute Gasteiger partial charge is 0.347 e. The zero-order chi connectivity index (χ0) is 20.3. The molecule has 2 amide bonds. The van der Waals surface area contributed by atoms with Crippen molar-refractivity contribution in [2.24, 2.45) is 0 Å². The lowest BCUT2D eigenvalue weighted by Gasteiger charge is -2.47. The van der Waals surface area contributed by atoms with Crippen LogP contribution in [-0.4, -0.2) is 35.3 Å². The van der Waals surface area contributed by atoms with Crippen LogP contribution in [0.3, 0.4) is 0 Å². The van der Waals surface area contributed by atoms with E-state index in [1.807, 2.05) is 24.3 Å². The molecule has 29 heavy (non-hydrogen) atoms. The molecule has 4 nitrogen and oxygen atoms in total. The van der Waals surface area contributed by atoms with Gasteiger partial charge in [0, 0.05) is 29.6 Å². The predicted molar refractivity (Wildman–Crippen MR) is 113 cm³/mol. The van der Waals surface area contributed by atoms with Crippen LogP contribution in [0.25, 0.3) is 21.2 Å². The second-order valence-corrected chi connectivity index (χ2v) is 9.34. The fourth-order valence-electron chi connectivity index (χ4n) is 4.19. The second-order valence-electron chi connectivity index (χ2n) is 7.91. The normalized spacial score (nSPS) is 17.6. The van der Waals surface area contributed by atoms with Gasteiger partial charge in [-0.25, -0.2) is 4.39 Å². The van der Waals surface area contributed by atoms with Crippen molar-refractivity contribution in [3.05, 3.63) is 57.7 Å². The van der Waals surface area contributed by atoms with E-state index in [0.29, 0.717) is 35.0 Å². The highest BCUT2D eigenvalue weighted by molar-refractivity contribution is 7.21. The summed E-state index contributed by atoms with van der Waals surface area (Å²) in [6.07, 6.45) is 1.30. The minimum atomic E-state index is -0.247. The maximum absolute atomic E-state index is 13.6. The van der Waals surface area contributed by atoms with E-state index >= 15 is 0 Å². The van der Waals surface area contributed by atoms with E-state index in [0.717, 1.165) is 27.6 Å². The summed E-state index contributed by atoms with van der Waals surface area (Å²) < 4.78 is 14.5. The van der Waals surface area contributed by atoms with Crippen LogP contribution in [-0.2, 0) is 4.79 Å². The molecule has 3 aromatic rings. The molecule has 0 unspecified atom stereocenters. The Labute approximate surface area is 176 Å². The third kappa shape index (κ3) is 3.02. The molecule has 0 saturated carbocycles. The van der Waals surface area contributed by atoms with Crippen LogP contribution >= 0.6 is 22.9 Å². The van der Waals surface area contributed by atoms with Gasteiger partial charge in [0.05, 0.1) is 10.6 Å². The average molecular weight is 429 g/mol. The van der Waals surface area contributed by atoms with Gasteiger partial charge in [0.2, 0.25) is 5.91 Å². The smallest absolute Gasteiger partial charge is 0.265 e. The van der Waals surface area contributed by atoms with Crippen molar-refractivity contribution in [1.29, 1.82) is 0 Å². The van der Waals surface area contributed by atoms with Gasteiger partial charge in [-0.2, -0.15) is 0 Å². The van der Waals surface area contributed by atoms with Gasteiger partial charge in [0.1, 0.15) is 10.7 Å². The van der Waals surface area contributed by atoms with Crippen LogP contribution in [0.1, 0.15) is 28.1 Å². The molecule has 0 radical (unpaired) electrons. The first kappa shape index (κ1) is 18.6. The lowest BCUT2D eigenvalue weighted by molar-refractivity contribution is -0.120. The molecule has 0 aliphatic carbocycles. The predicted octanol–water partition coefficient (Wildman–Crippen LogP) is 4.77. The second kappa shape index (κ2) is 6.54. The Morgan fingerprint density at radius 3 is 2.62 bits per heavy atom. The maximum Gasteiger partial charge on any atom is 0.265 e. The summed E-state index contributed by atoms with van der Waals surface area (Å²) in [6.45, 7) is 2.80. The summed E-state index contributed by atoms with van der Waals surface area (Å²) >= 11 is 7.91. The topological polar surface area (TPSA) is 49.4 Å². The van der Waals surface area contributed by atoms with E-state index in [1.54, 1.807) is 17.9 Å². The van der Waals surface area contributed by atoms with Crippen molar-refractivity contribution in [2.45, 2.75) is 25.3 Å². The maximum atomic E-state index is 13.6. The number of nitrogens with zero attached hydrogens (tertiary/aromatic N) is 1. The number of hydrogen-bond donors (Lipinski definition) is 1. The summed E-state index contributed by atoms with van der Waals surface area (Å²) in [5, 5.41) is 4.30. The number of nitrogens with one attached hydrogen (secondary N) is 1. The molecular weight excluding hydrogens is 411 g/mol. The van der Waals surface area contributed by atoms with Gasteiger partial charge in [0.15, 0.2) is 0 Å². The Bertz CT molecular complexity index is 1180. The highest BCUT2D eigenvalue weighted by Crippen LogP contribution is 2.40. The summed E-state index contributed by atoms with van der Waals surface area (Å²) in [6, 6.07) is 10.9. The van der Waals surface area contributed by atoms with E-state index in [2.05, 4.69) is 5.32 Å². The number of carbonyl (C=O) groups excluding carboxylic acids is 2. The van der Waals surface area contributed by atoms with Crippen LogP contribution in [0, 0.1) is 12.7 Å². The molecule has 0 atom stereocenters. The molecule has 2 saturated heterocycles. The quantitative estimate of drug-likeness (QED) is 0.639. The number of thiophene rings is 1. The number of halogens is 2. The molecule has 2 aliphatic heterocycles. The van der Waals surface area contributed by atoms with Gasteiger partial charge in [-0.15, -0.1) is 11.3 Å². The number of benzene rings is 2. The van der Waals surface area contributed by atoms with Crippen molar-refractivity contribution in [2.75, 3.05) is 13.1 Å². The van der Waals surface area contributed by atoms with Crippen LogP contribution in [0.15, 0.2) is 36.4 Å². The van der Waals surface area contributed by atoms with Crippen LogP contribution < -0.4 is 5.32 Å². The highest BCUT2D eigenvalue weighted by Gasteiger charge is 2.49. The van der Waals surface area contributed by atoms with Crippen molar-refractivity contribution in [3.63, 3.8) is 0 Å². The number of amides is 2. The number of fused-ring (bicyclic) bond motifs is 1. The highest BCUT2D eigenvalue weighted by atomic mass is 35.5. The van der Waals surface area contributed by atoms with Gasteiger partial charge in [0.25, 0.3) is 5.91 Å². The Morgan fingerprint density at radius 1 is 1.21 bits per heavy atom. The molecule has 3 heterocycles. The summed E-state index contributed by atoms with van der Waals surface area (Å²) in [7, 11) is 0. The minimum absolute atomic E-state index is 0.0561. The van der Waals surface area contributed by atoms with Gasteiger partial charge in [-0.1, -0.05) is 29.8 Å². The molecule has 1 spiro atoms. The minimum Gasteiger partial charge on any atom is -0.347 e. The van der Waals surface area contributed by atoms with Gasteiger partial charge in [-0.05, 0) is 48.2 Å². The fraction of sp³-hybridized carbons (Fsp3) is 0.273. The number of carbonyl (C=O) groups is 2. The Balaban J connectivity index is 1.43. The first-order chi connectivity index (χ1) is 13.8. The molecule has 7 heteroatoms. The number of aryl methyl sites for hydroxylation is 1. The molecule has 148 valence electrons. The van der Waals surface area contributed by atoms with Gasteiger partial charge >= 0.3 is 0 Å². The molecule has 2 aromatic carbocycles. The molecule has 2 aliphatic rings. The fourth-order valence-corrected chi connectivity index (χ4v) is 5.71. The van der Waals surface area contributed by atoms with E-state index in [4.69, 9.17) is 11.6 Å². The number of likely N-dealkylation sites (tertiary alicyclic amines) is 1. The zero-order valence-electron chi connectivity index (χ0n) is 15.7. The third-order valence-electron chi connectivity index (χ3n) is 5.82. The van der Waals surface area contributed by atoms with Gasteiger partial charge < -0.3 is 10.2 Å². The average Bonchev–Trinajstić information content (AvgIpc) is 3.22. The first-order valence-electron chi connectivity index (χ1n) is 9.44. The van der Waals surface area contributed by atoms with Crippen molar-refractivity contribution in [3.8, 4) is 11.1 Å². The molecule has 0 bridgehead atoms. The molecule has 1 N–H and O–H groups in total. The first-order valence-corrected chi connectivity index (χ1v) is 10.6. The summed E-state index contributed by atoms with van der Waals surface area (Å²) in [5.41, 5.74) is 2.22. The lowest BCUT2D eigenvalue weighted by Crippen LogP contribution is -2.68. The van der Waals surface area contributed by atoms with Crippen molar-refractivity contribution in [1.82, 2.24) is 10.2 Å². The van der Waals surface area contributed by atoms with Crippen LogP contribution in [0.2, 0.25) is 5.02 Å². The van der Waals surface area contributed by atoms with Crippen LogP contribution in [0.5, 0.6) is 0 Å². The number of rotatable bonds is 2. The van der Waals surface area contributed by atoms with Crippen LogP contribution in [0.4, 0.5) is 4.39 Å². The van der Waals surface area contributed by atoms with Gasteiger partial charge in [-0.3, -0.25) is 9.59 Å². The van der Waals surface area contributed by atoms with E-state index in [1.165, 1.54) is 17.4 Å². The van der Waals surface area contributed by atoms with E-state index < -0.39 is 0 Å². The summed E-state index contributed by atoms with van der Waals surface area (Å²) in [4.78, 5) is 26.7. The zero-order valence-corrected chi connectivity index (χ0v) is 17.3. The lowest BCUT2D eigenvalue weighted by atomic mass is 9.88. The SMILES string of the molecule is Cc1cc(-c2ccc3c(Cl)c(C(=O)N4CC5(CCC(=O)N5)C4)sc3c2)ccc1F. The Kier molecular flexibility index (Phi) is 4.19. The summed E-state index contributed by atoms with van der Waals surface area (Å²) in [5.74, 6) is -0.268. The standard InChI is InChI=1S/C22H18ClFN2O2S/c1-12-8-13(3-5-16(12)24)14-2-4-15-17(9-14)29-20(19(15)23)21(28)26-10-22(11-26)7-6-18(27)25-22/h2-5,8-9H,6-7,10-11H2,1H3,(H,25,27). The van der Waals surface area contributed by atoms with Crippen molar-refractivity contribution >= 4 is 44.8 Å². The molecule has 2 fully saturated rings. The Morgan fingerprint density at radius 2 is 1.93 bits per heavy atom. The molecule has 5 rings (SSSR count). The molecule has 1 aromatic heterocycles. The van der Waals surface area contributed by atoms with E-state index in [-0.39, 0.29) is 23.2 Å². The molecular formula is C22H18ClFN2O2S.